The molecule has 0 radical (unpaired) electrons. The van der Waals surface area contributed by atoms with Crippen LogP contribution < -0.4 is 4.74 Å². The van der Waals surface area contributed by atoms with E-state index < -0.39 is 39.4 Å². The molecule has 1 aliphatic carbocycles. The molecule has 0 saturated heterocycles. The van der Waals surface area contributed by atoms with E-state index in [0.29, 0.717) is 17.4 Å². The van der Waals surface area contributed by atoms with E-state index in [1.165, 1.54) is 0 Å². The molecule has 4 rings (SSSR count). The lowest BCUT2D eigenvalue weighted by Gasteiger charge is -2.47. The van der Waals surface area contributed by atoms with Crippen LogP contribution in [0.1, 0.15) is 29.9 Å². The number of nitrogens with zero attached hydrogens (tertiary/aromatic N) is 2. The Labute approximate surface area is 166 Å². The standard InChI is InChI=1S/C21H18N2O6/c1-13-11-15(12-24)19(14-7-3-2-4-8-14)21(23(27)28)18(13)16-9-5-6-10-17(16)29-20(21)22(25)26/h2-13,18-20H,1H3/t13-,18-,19+,20?,21+/m1/s1. The van der Waals surface area contributed by atoms with Gasteiger partial charge in [0, 0.05) is 16.1 Å². The number of hydrogen-bond acceptors (Lipinski definition) is 6. The lowest BCUT2D eigenvalue weighted by molar-refractivity contribution is -0.688. The van der Waals surface area contributed by atoms with E-state index in [4.69, 9.17) is 4.74 Å². The van der Waals surface area contributed by atoms with Gasteiger partial charge in [0.05, 0.1) is 16.8 Å². The van der Waals surface area contributed by atoms with Crippen molar-refractivity contribution in [1.29, 1.82) is 0 Å². The third-order valence-electron chi connectivity index (χ3n) is 5.94. The van der Waals surface area contributed by atoms with Crippen LogP contribution in [-0.4, -0.2) is 27.9 Å². The maximum atomic E-state index is 12.7. The van der Waals surface area contributed by atoms with Crippen LogP contribution in [0.3, 0.4) is 0 Å². The summed E-state index contributed by atoms with van der Waals surface area (Å²) >= 11 is 0. The summed E-state index contributed by atoms with van der Waals surface area (Å²) < 4.78 is 5.64. The van der Waals surface area contributed by atoms with Gasteiger partial charge >= 0.3 is 11.8 Å². The molecule has 2 aromatic carbocycles. The molecule has 0 spiro atoms. The van der Waals surface area contributed by atoms with Gasteiger partial charge in [-0.15, -0.1) is 0 Å². The van der Waals surface area contributed by atoms with E-state index in [0.717, 1.165) is 0 Å². The fourth-order valence-electron chi connectivity index (χ4n) is 4.98. The molecular formula is C21H18N2O6. The monoisotopic (exact) mass is 394 g/mol. The van der Waals surface area contributed by atoms with Crippen LogP contribution in [0.5, 0.6) is 5.75 Å². The Morgan fingerprint density at radius 2 is 1.69 bits per heavy atom. The minimum Gasteiger partial charge on any atom is -0.424 e. The summed E-state index contributed by atoms with van der Waals surface area (Å²) in [6, 6.07) is 15.1. The molecule has 0 amide bonds. The second kappa shape index (κ2) is 6.80. The van der Waals surface area contributed by atoms with Gasteiger partial charge in [-0.2, -0.15) is 0 Å². The van der Waals surface area contributed by atoms with Gasteiger partial charge in [0.15, 0.2) is 0 Å². The summed E-state index contributed by atoms with van der Waals surface area (Å²) in [6.07, 6.45) is 0.303. The first-order valence-electron chi connectivity index (χ1n) is 9.18. The van der Waals surface area contributed by atoms with Gasteiger partial charge in [0.1, 0.15) is 12.0 Å². The van der Waals surface area contributed by atoms with E-state index in [9.17, 15) is 25.0 Å². The summed E-state index contributed by atoms with van der Waals surface area (Å²) in [4.78, 5) is 35.4. The largest absolute Gasteiger partial charge is 0.425 e. The molecule has 0 aromatic heterocycles. The summed E-state index contributed by atoms with van der Waals surface area (Å²) in [7, 11) is 0. The van der Waals surface area contributed by atoms with Crippen LogP contribution in [0, 0.1) is 26.1 Å². The summed E-state index contributed by atoms with van der Waals surface area (Å²) in [5.74, 6) is -2.18. The molecule has 0 fully saturated rings. The highest BCUT2D eigenvalue weighted by Gasteiger charge is 2.75. The summed E-state index contributed by atoms with van der Waals surface area (Å²) in [5.41, 5.74) is -1.01. The molecule has 0 saturated carbocycles. The first kappa shape index (κ1) is 18.8. The number of hydrogen-bond donors (Lipinski definition) is 0. The third kappa shape index (κ3) is 2.55. The van der Waals surface area contributed by atoms with Gasteiger partial charge in [0.2, 0.25) is 0 Å². The van der Waals surface area contributed by atoms with Crippen molar-refractivity contribution in [2.24, 2.45) is 5.92 Å². The number of fused-ring (bicyclic) bond motifs is 3. The SMILES string of the molecule is C[C@@H]1C=C(C=O)[C@H](c2ccccc2)[C@]2([N+](=O)[O-])C([N+](=O)[O-])Oc3ccccc3[C@@H]12. The Kier molecular flexibility index (Phi) is 4.41. The predicted octanol–water partition coefficient (Wildman–Crippen LogP) is 3.34. The maximum Gasteiger partial charge on any atom is 0.425 e. The van der Waals surface area contributed by atoms with Gasteiger partial charge in [-0.25, -0.2) is 0 Å². The van der Waals surface area contributed by atoms with Gasteiger partial charge in [-0.3, -0.25) is 25.0 Å². The van der Waals surface area contributed by atoms with Crippen molar-refractivity contribution in [3.63, 3.8) is 0 Å². The molecule has 148 valence electrons. The Balaban J connectivity index is 2.11. The number of benzene rings is 2. The molecule has 1 heterocycles. The van der Waals surface area contributed by atoms with Gasteiger partial charge in [-0.05, 0) is 17.5 Å². The lowest BCUT2D eigenvalue weighted by atomic mass is 9.57. The number of aldehydes is 1. The van der Waals surface area contributed by atoms with Crippen LogP contribution >= 0.6 is 0 Å². The van der Waals surface area contributed by atoms with Crippen LogP contribution in [0.4, 0.5) is 0 Å². The van der Waals surface area contributed by atoms with Crippen molar-refractivity contribution in [2.45, 2.75) is 30.5 Å². The Hall–Kier alpha value is -3.55. The lowest BCUT2D eigenvalue weighted by Crippen LogP contribution is -2.67. The molecule has 5 atom stereocenters. The topological polar surface area (TPSA) is 113 Å². The number of rotatable bonds is 4. The van der Waals surface area contributed by atoms with Crippen LogP contribution in [0.2, 0.25) is 0 Å². The molecule has 1 aliphatic heterocycles. The van der Waals surface area contributed by atoms with Crippen LogP contribution in [0.25, 0.3) is 0 Å². The number of carbonyl (C=O) groups excluding carboxylic acids is 1. The van der Waals surface area contributed by atoms with Crippen molar-refractivity contribution in [2.75, 3.05) is 0 Å². The van der Waals surface area contributed by atoms with Crippen LogP contribution in [-0.2, 0) is 4.79 Å². The Morgan fingerprint density at radius 3 is 2.31 bits per heavy atom. The summed E-state index contributed by atoms with van der Waals surface area (Å²) in [6.45, 7) is 1.74. The maximum absolute atomic E-state index is 12.7. The Bertz CT molecular complexity index is 1020. The van der Waals surface area contributed by atoms with E-state index in [1.807, 2.05) is 0 Å². The summed E-state index contributed by atoms with van der Waals surface area (Å²) in [5, 5.41) is 24.8. The number of allylic oxidation sites excluding steroid dienone is 1. The van der Waals surface area contributed by atoms with Crippen molar-refractivity contribution < 1.29 is 19.4 Å². The second-order valence-electron chi connectivity index (χ2n) is 7.40. The fraction of sp³-hybridized carbons (Fsp3) is 0.286. The molecule has 1 unspecified atom stereocenters. The quantitative estimate of drug-likeness (QED) is 0.446. The Morgan fingerprint density at radius 1 is 1.03 bits per heavy atom. The molecular weight excluding hydrogens is 376 g/mol. The molecule has 2 aliphatic rings. The molecule has 29 heavy (non-hydrogen) atoms. The van der Waals surface area contributed by atoms with E-state index in [2.05, 4.69) is 0 Å². The number of para-hydroxylation sites is 1. The smallest absolute Gasteiger partial charge is 0.424 e. The highest BCUT2D eigenvalue weighted by molar-refractivity contribution is 5.78. The number of nitro groups is 2. The average Bonchev–Trinajstić information content (AvgIpc) is 2.72. The fourth-order valence-corrected chi connectivity index (χ4v) is 4.98. The minimum absolute atomic E-state index is 0.159. The third-order valence-corrected chi connectivity index (χ3v) is 5.94. The van der Waals surface area contributed by atoms with Crippen LogP contribution in [0.15, 0.2) is 66.2 Å². The average molecular weight is 394 g/mol. The molecule has 8 heteroatoms. The zero-order valence-corrected chi connectivity index (χ0v) is 15.5. The van der Waals surface area contributed by atoms with E-state index in [-0.39, 0.29) is 11.3 Å². The second-order valence-corrected chi connectivity index (χ2v) is 7.40. The van der Waals surface area contributed by atoms with E-state index in [1.54, 1.807) is 67.6 Å². The highest BCUT2D eigenvalue weighted by atomic mass is 16.7. The minimum atomic E-state index is -2.18. The van der Waals surface area contributed by atoms with Crippen molar-refractivity contribution >= 4 is 6.29 Å². The van der Waals surface area contributed by atoms with Crippen molar-refractivity contribution in [3.8, 4) is 5.75 Å². The zero-order chi connectivity index (χ0) is 20.8. The normalized spacial score (nSPS) is 30.2. The zero-order valence-electron chi connectivity index (χ0n) is 15.5. The first-order valence-corrected chi connectivity index (χ1v) is 9.18. The van der Waals surface area contributed by atoms with Gasteiger partial charge < -0.3 is 4.74 Å². The van der Waals surface area contributed by atoms with Gasteiger partial charge in [-0.1, -0.05) is 61.5 Å². The van der Waals surface area contributed by atoms with E-state index >= 15 is 0 Å². The molecule has 0 bridgehead atoms. The van der Waals surface area contributed by atoms with Crippen molar-refractivity contribution in [1.82, 2.24) is 0 Å². The predicted molar refractivity (Wildman–Crippen MR) is 103 cm³/mol. The molecule has 0 N–H and O–H groups in total. The number of carbonyl (C=O) groups is 1. The van der Waals surface area contributed by atoms with Crippen molar-refractivity contribution in [3.05, 3.63) is 97.6 Å². The first-order chi connectivity index (χ1) is 13.9. The molecule has 8 nitrogen and oxygen atoms in total. The highest BCUT2D eigenvalue weighted by Crippen LogP contribution is 2.58. The van der Waals surface area contributed by atoms with Gasteiger partial charge in [0.25, 0.3) is 0 Å². The number of ether oxygens (including phenoxy) is 1. The molecule has 2 aromatic rings.